The Morgan fingerprint density at radius 1 is 0.857 bits per heavy atom. The third kappa shape index (κ3) is 2.59. The molecule has 0 aliphatic carbocycles. The van der Waals surface area contributed by atoms with Crippen LogP contribution in [0.25, 0.3) is 22.3 Å². The van der Waals surface area contributed by atoms with Gasteiger partial charge in [0.05, 0.1) is 22.5 Å². The molecule has 0 saturated carbocycles. The molecule has 0 bridgehead atoms. The lowest BCUT2D eigenvalue weighted by Gasteiger charge is -2.12. The minimum Gasteiger partial charge on any atom is -0.251 e. The lowest BCUT2D eigenvalue weighted by molar-refractivity contribution is -0.136. The predicted octanol–water partition coefficient (Wildman–Crippen LogP) is 4.62. The van der Waals surface area contributed by atoms with Crippen LogP contribution in [0, 0.1) is 6.92 Å². The molecule has 0 aliphatic heterocycles. The number of pyridine rings is 2. The van der Waals surface area contributed by atoms with Crippen LogP contribution in [0.3, 0.4) is 0 Å². The van der Waals surface area contributed by atoms with Crippen molar-refractivity contribution in [2.24, 2.45) is 0 Å². The summed E-state index contributed by atoms with van der Waals surface area (Å²) in [6.07, 6.45) is -4.43. The molecule has 3 rings (SSSR count). The van der Waals surface area contributed by atoms with Crippen LogP contribution in [0.5, 0.6) is 0 Å². The lowest BCUT2D eigenvalue weighted by atomic mass is 10.1. The van der Waals surface area contributed by atoms with E-state index in [9.17, 15) is 13.2 Å². The van der Waals surface area contributed by atoms with Crippen LogP contribution in [-0.2, 0) is 6.18 Å². The Morgan fingerprint density at radius 2 is 1.62 bits per heavy atom. The van der Waals surface area contributed by atoms with Crippen LogP contribution in [0.1, 0.15) is 11.3 Å². The molecule has 0 amide bonds. The van der Waals surface area contributed by atoms with Gasteiger partial charge in [0, 0.05) is 11.1 Å². The van der Waals surface area contributed by atoms with Crippen molar-refractivity contribution in [3.8, 4) is 11.4 Å². The molecular weight excluding hydrogens is 277 g/mol. The van der Waals surface area contributed by atoms with Crippen molar-refractivity contribution in [2.75, 3.05) is 0 Å². The summed E-state index contributed by atoms with van der Waals surface area (Å²) in [5.41, 5.74) is 1.02. The van der Waals surface area contributed by atoms with Gasteiger partial charge in [-0.15, -0.1) is 0 Å². The van der Waals surface area contributed by atoms with Crippen LogP contribution in [-0.4, -0.2) is 9.97 Å². The van der Waals surface area contributed by atoms with Gasteiger partial charge in [0.25, 0.3) is 0 Å². The second-order valence-corrected chi connectivity index (χ2v) is 4.73. The summed E-state index contributed by atoms with van der Waals surface area (Å²) >= 11 is 0. The molecule has 2 nitrogen and oxygen atoms in total. The summed E-state index contributed by atoms with van der Waals surface area (Å²) in [4.78, 5) is 8.54. The standard InChI is InChI=1S/C16H11F3N2/c1-10-5-4-8-14(20-10)15-9-12(16(17,18)19)11-6-2-3-7-13(11)21-15/h2-9H,1H3. The average molecular weight is 288 g/mol. The van der Waals surface area contributed by atoms with Crippen molar-refractivity contribution in [2.45, 2.75) is 13.1 Å². The minimum absolute atomic E-state index is 0.0985. The first-order chi connectivity index (χ1) is 9.95. The number of fused-ring (bicyclic) bond motifs is 1. The summed E-state index contributed by atoms with van der Waals surface area (Å²) in [6.45, 7) is 1.79. The molecule has 2 heterocycles. The number of para-hydroxylation sites is 1. The quantitative estimate of drug-likeness (QED) is 0.652. The first kappa shape index (κ1) is 13.5. The van der Waals surface area contributed by atoms with E-state index in [2.05, 4.69) is 9.97 Å². The Kier molecular flexibility index (Phi) is 3.12. The summed E-state index contributed by atoms with van der Waals surface area (Å²) in [5, 5.41) is 0.0985. The van der Waals surface area contributed by atoms with Crippen LogP contribution < -0.4 is 0 Å². The fourth-order valence-corrected chi connectivity index (χ4v) is 2.23. The summed E-state index contributed by atoms with van der Waals surface area (Å²) in [6, 6.07) is 12.5. The lowest BCUT2D eigenvalue weighted by Crippen LogP contribution is -2.07. The van der Waals surface area contributed by atoms with Crippen molar-refractivity contribution in [1.29, 1.82) is 0 Å². The number of rotatable bonds is 1. The first-order valence-electron chi connectivity index (χ1n) is 6.36. The van der Waals surface area contributed by atoms with Crippen LogP contribution >= 0.6 is 0 Å². The zero-order chi connectivity index (χ0) is 15.0. The third-order valence-electron chi connectivity index (χ3n) is 3.17. The summed E-state index contributed by atoms with van der Waals surface area (Å²) in [7, 11) is 0. The van der Waals surface area contributed by atoms with Gasteiger partial charge in [-0.25, -0.2) is 4.98 Å². The Balaban J connectivity index is 2.31. The highest BCUT2D eigenvalue weighted by atomic mass is 19.4. The van der Waals surface area contributed by atoms with E-state index in [4.69, 9.17) is 0 Å². The van der Waals surface area contributed by atoms with E-state index in [0.29, 0.717) is 11.2 Å². The number of aromatic nitrogens is 2. The molecule has 0 N–H and O–H groups in total. The molecular formula is C16H11F3N2. The molecule has 0 aliphatic rings. The first-order valence-corrected chi connectivity index (χ1v) is 6.36. The average Bonchev–Trinajstić information content (AvgIpc) is 2.45. The van der Waals surface area contributed by atoms with Crippen LogP contribution in [0.4, 0.5) is 13.2 Å². The van der Waals surface area contributed by atoms with Gasteiger partial charge in [0.1, 0.15) is 0 Å². The third-order valence-corrected chi connectivity index (χ3v) is 3.17. The molecule has 0 spiro atoms. The molecule has 0 fully saturated rings. The Bertz CT molecular complexity index is 810. The van der Waals surface area contributed by atoms with E-state index in [-0.39, 0.29) is 11.1 Å². The van der Waals surface area contributed by atoms with Gasteiger partial charge >= 0.3 is 6.18 Å². The largest absolute Gasteiger partial charge is 0.417 e. The van der Waals surface area contributed by atoms with Gasteiger partial charge in [-0.1, -0.05) is 24.3 Å². The second kappa shape index (κ2) is 4.84. The molecule has 5 heteroatoms. The van der Waals surface area contributed by atoms with Crippen LogP contribution in [0.15, 0.2) is 48.5 Å². The number of hydrogen-bond acceptors (Lipinski definition) is 2. The molecule has 0 saturated heterocycles. The number of nitrogens with zero attached hydrogens (tertiary/aromatic N) is 2. The van der Waals surface area contributed by atoms with E-state index >= 15 is 0 Å². The van der Waals surface area contributed by atoms with E-state index < -0.39 is 11.7 Å². The van der Waals surface area contributed by atoms with Crippen molar-refractivity contribution >= 4 is 10.9 Å². The summed E-state index contributed by atoms with van der Waals surface area (Å²) < 4.78 is 39.7. The fraction of sp³-hybridized carbons (Fsp3) is 0.125. The van der Waals surface area contributed by atoms with E-state index in [1.54, 1.807) is 43.3 Å². The zero-order valence-electron chi connectivity index (χ0n) is 11.1. The molecule has 0 unspecified atom stereocenters. The van der Waals surface area contributed by atoms with Gasteiger partial charge in [0.2, 0.25) is 0 Å². The van der Waals surface area contributed by atoms with E-state index in [0.717, 1.165) is 11.8 Å². The smallest absolute Gasteiger partial charge is 0.251 e. The van der Waals surface area contributed by atoms with Crippen molar-refractivity contribution in [1.82, 2.24) is 9.97 Å². The van der Waals surface area contributed by atoms with Gasteiger partial charge in [0.15, 0.2) is 0 Å². The fourth-order valence-electron chi connectivity index (χ4n) is 2.23. The SMILES string of the molecule is Cc1cccc(-c2cc(C(F)(F)F)c3ccccc3n2)n1. The van der Waals surface area contributed by atoms with Gasteiger partial charge in [-0.3, -0.25) is 4.98 Å². The number of halogens is 3. The number of alkyl halides is 3. The maximum Gasteiger partial charge on any atom is 0.417 e. The molecule has 21 heavy (non-hydrogen) atoms. The van der Waals surface area contributed by atoms with Gasteiger partial charge in [-0.05, 0) is 31.2 Å². The Morgan fingerprint density at radius 3 is 2.33 bits per heavy atom. The Hall–Kier alpha value is -2.43. The monoisotopic (exact) mass is 288 g/mol. The van der Waals surface area contributed by atoms with Crippen molar-refractivity contribution in [3.05, 3.63) is 59.8 Å². The maximum absolute atomic E-state index is 13.2. The highest BCUT2D eigenvalue weighted by Crippen LogP contribution is 2.36. The number of aryl methyl sites for hydroxylation is 1. The maximum atomic E-state index is 13.2. The van der Waals surface area contributed by atoms with Crippen LogP contribution in [0.2, 0.25) is 0 Å². The van der Waals surface area contributed by atoms with Gasteiger partial charge in [-0.2, -0.15) is 13.2 Å². The number of hydrogen-bond donors (Lipinski definition) is 0. The minimum atomic E-state index is -4.43. The molecule has 1 aromatic carbocycles. The second-order valence-electron chi connectivity index (χ2n) is 4.73. The van der Waals surface area contributed by atoms with Gasteiger partial charge < -0.3 is 0 Å². The van der Waals surface area contributed by atoms with E-state index in [1.807, 2.05) is 0 Å². The molecule has 0 radical (unpaired) electrons. The van der Waals surface area contributed by atoms with E-state index in [1.165, 1.54) is 6.07 Å². The topological polar surface area (TPSA) is 25.8 Å². The number of benzene rings is 1. The molecule has 106 valence electrons. The molecule has 3 aromatic rings. The molecule has 2 aromatic heterocycles. The van der Waals surface area contributed by atoms with Crippen molar-refractivity contribution < 1.29 is 13.2 Å². The highest BCUT2D eigenvalue weighted by molar-refractivity contribution is 5.85. The van der Waals surface area contributed by atoms with Crippen molar-refractivity contribution in [3.63, 3.8) is 0 Å². The Labute approximate surface area is 119 Å². The summed E-state index contributed by atoms with van der Waals surface area (Å²) in [5.74, 6) is 0. The molecule has 0 atom stereocenters. The highest BCUT2D eigenvalue weighted by Gasteiger charge is 2.33. The predicted molar refractivity (Wildman–Crippen MR) is 74.7 cm³/mol. The zero-order valence-corrected chi connectivity index (χ0v) is 11.1. The normalized spacial score (nSPS) is 11.8.